The number of nitrogens with zero attached hydrogens (tertiary/aromatic N) is 1. The van der Waals surface area contributed by atoms with E-state index in [1.54, 1.807) is 0 Å². The molecule has 2 aromatic rings. The normalized spacial score (nSPS) is 21.2. The summed E-state index contributed by atoms with van der Waals surface area (Å²) in [6.45, 7) is 3.19. The number of carbonyl (C=O) groups is 1. The SMILES string of the molecule is O=C(O)C1(CN2CC3(Cc4ccc(OCc5ccccc5Cl)cc4C3)C2)CC1. The van der Waals surface area contributed by atoms with Crippen LogP contribution in [0, 0.1) is 10.8 Å². The fourth-order valence-corrected chi connectivity index (χ4v) is 5.12. The van der Waals surface area contributed by atoms with Crippen LogP contribution in [0.1, 0.15) is 29.5 Å². The second-order valence-corrected chi connectivity index (χ2v) is 9.30. The molecule has 1 N–H and O–H groups in total. The Balaban J connectivity index is 1.20. The summed E-state index contributed by atoms with van der Waals surface area (Å²) in [7, 11) is 0. The van der Waals surface area contributed by atoms with E-state index in [4.69, 9.17) is 16.3 Å². The van der Waals surface area contributed by atoms with Gasteiger partial charge < -0.3 is 14.7 Å². The summed E-state index contributed by atoms with van der Waals surface area (Å²) in [5, 5.41) is 10.1. The summed E-state index contributed by atoms with van der Waals surface area (Å²) in [6.07, 6.45) is 3.81. The Hall–Kier alpha value is -2.04. The van der Waals surface area contributed by atoms with Crippen LogP contribution in [0.15, 0.2) is 42.5 Å². The molecule has 0 radical (unpaired) electrons. The van der Waals surface area contributed by atoms with Crippen molar-refractivity contribution in [1.29, 1.82) is 0 Å². The molecule has 4 nitrogen and oxygen atoms in total. The van der Waals surface area contributed by atoms with E-state index in [1.165, 1.54) is 11.1 Å². The zero-order valence-corrected chi connectivity index (χ0v) is 16.5. The predicted octanol–water partition coefficient (Wildman–Crippen LogP) is 4.18. The molecule has 0 unspecified atom stereocenters. The van der Waals surface area contributed by atoms with Gasteiger partial charge in [-0.2, -0.15) is 0 Å². The van der Waals surface area contributed by atoms with E-state index < -0.39 is 11.4 Å². The lowest BCUT2D eigenvalue weighted by atomic mass is 9.76. The zero-order chi connectivity index (χ0) is 19.4. The molecule has 1 saturated heterocycles. The summed E-state index contributed by atoms with van der Waals surface area (Å²) in [5.41, 5.74) is 3.61. The van der Waals surface area contributed by atoms with Gasteiger partial charge in [0.05, 0.1) is 5.41 Å². The second kappa shape index (κ2) is 6.50. The summed E-state index contributed by atoms with van der Waals surface area (Å²) in [6, 6.07) is 14.2. The average molecular weight is 398 g/mol. The Kier molecular flexibility index (Phi) is 4.18. The number of aliphatic carboxylic acids is 1. The molecule has 5 rings (SSSR count). The number of halogens is 1. The molecule has 0 atom stereocenters. The summed E-state index contributed by atoms with van der Waals surface area (Å²) >= 11 is 6.21. The molecular formula is C23H24ClNO3. The molecule has 3 aliphatic rings. The molecular weight excluding hydrogens is 374 g/mol. The van der Waals surface area contributed by atoms with Crippen molar-refractivity contribution >= 4 is 17.6 Å². The van der Waals surface area contributed by atoms with E-state index in [0.29, 0.717) is 13.2 Å². The van der Waals surface area contributed by atoms with Crippen molar-refractivity contribution in [2.45, 2.75) is 32.3 Å². The number of hydrogen-bond donors (Lipinski definition) is 1. The first kappa shape index (κ1) is 18.0. The summed E-state index contributed by atoms with van der Waals surface area (Å²) in [5.74, 6) is 0.262. The topological polar surface area (TPSA) is 49.8 Å². The van der Waals surface area contributed by atoms with Crippen LogP contribution in [0.2, 0.25) is 5.02 Å². The molecule has 0 aromatic heterocycles. The third kappa shape index (κ3) is 3.19. The van der Waals surface area contributed by atoms with Crippen molar-refractivity contribution in [1.82, 2.24) is 4.90 Å². The Bertz CT molecular complexity index is 931. The van der Waals surface area contributed by atoms with Gasteiger partial charge in [0, 0.05) is 35.6 Å². The highest BCUT2D eigenvalue weighted by Crippen LogP contribution is 2.51. The standard InChI is InChI=1S/C23H24ClNO3/c24-20-4-2-1-3-17(20)12-28-19-6-5-16-10-22(11-18(16)9-19)13-25(14-22)15-23(7-8-23)21(26)27/h1-6,9H,7-8,10-15H2,(H,26,27). The van der Waals surface area contributed by atoms with Crippen molar-refractivity contribution in [2.75, 3.05) is 19.6 Å². The molecule has 0 bridgehead atoms. The molecule has 2 fully saturated rings. The Labute approximate surface area is 170 Å². The summed E-state index contributed by atoms with van der Waals surface area (Å²) < 4.78 is 5.98. The number of ether oxygens (including phenoxy) is 1. The minimum atomic E-state index is -0.622. The van der Waals surface area contributed by atoms with Crippen molar-refractivity contribution in [2.24, 2.45) is 10.8 Å². The monoisotopic (exact) mass is 397 g/mol. The van der Waals surface area contributed by atoms with Crippen LogP contribution >= 0.6 is 11.6 Å². The molecule has 1 saturated carbocycles. The van der Waals surface area contributed by atoms with E-state index >= 15 is 0 Å². The highest BCUT2D eigenvalue weighted by molar-refractivity contribution is 6.31. The molecule has 5 heteroatoms. The van der Waals surface area contributed by atoms with Gasteiger partial charge in [0.2, 0.25) is 0 Å². The quantitative estimate of drug-likeness (QED) is 0.794. The molecule has 146 valence electrons. The molecule has 2 aromatic carbocycles. The molecule has 2 aliphatic carbocycles. The van der Waals surface area contributed by atoms with E-state index in [-0.39, 0.29) is 5.41 Å². The van der Waals surface area contributed by atoms with Gasteiger partial charge in [-0.25, -0.2) is 0 Å². The minimum Gasteiger partial charge on any atom is -0.489 e. The molecule has 0 amide bonds. The molecule has 1 heterocycles. The van der Waals surface area contributed by atoms with Crippen LogP contribution in [-0.4, -0.2) is 35.6 Å². The van der Waals surface area contributed by atoms with Gasteiger partial charge in [0.15, 0.2) is 0 Å². The van der Waals surface area contributed by atoms with Crippen molar-refractivity contribution in [3.63, 3.8) is 0 Å². The highest BCUT2D eigenvalue weighted by atomic mass is 35.5. The highest BCUT2D eigenvalue weighted by Gasteiger charge is 2.55. The average Bonchev–Trinajstić information content (AvgIpc) is 3.33. The van der Waals surface area contributed by atoms with Crippen molar-refractivity contribution in [3.05, 3.63) is 64.2 Å². The first-order valence-corrected chi connectivity index (χ1v) is 10.3. The van der Waals surface area contributed by atoms with E-state index in [9.17, 15) is 9.90 Å². The first-order chi connectivity index (χ1) is 13.5. The maximum atomic E-state index is 11.4. The fourth-order valence-electron chi connectivity index (χ4n) is 4.93. The van der Waals surface area contributed by atoms with Gasteiger partial charge in [-0.05, 0) is 55.0 Å². The lowest BCUT2D eigenvalue weighted by Crippen LogP contribution is -2.58. The van der Waals surface area contributed by atoms with Gasteiger partial charge in [-0.15, -0.1) is 0 Å². The third-order valence-corrected chi connectivity index (χ3v) is 6.98. The second-order valence-electron chi connectivity index (χ2n) is 8.89. The molecule has 1 spiro atoms. The largest absolute Gasteiger partial charge is 0.489 e. The summed E-state index contributed by atoms with van der Waals surface area (Å²) in [4.78, 5) is 13.8. The van der Waals surface area contributed by atoms with Crippen LogP contribution in [0.25, 0.3) is 0 Å². The number of rotatable bonds is 6. The van der Waals surface area contributed by atoms with Crippen LogP contribution in [0.3, 0.4) is 0 Å². The maximum absolute atomic E-state index is 11.4. The van der Waals surface area contributed by atoms with Crippen LogP contribution in [0.4, 0.5) is 0 Å². The van der Waals surface area contributed by atoms with Gasteiger partial charge in [-0.1, -0.05) is 35.9 Å². The number of likely N-dealkylation sites (tertiary alicyclic amines) is 1. The Morgan fingerprint density at radius 1 is 1.11 bits per heavy atom. The molecule has 1 aliphatic heterocycles. The molecule has 28 heavy (non-hydrogen) atoms. The third-order valence-electron chi connectivity index (χ3n) is 6.61. The van der Waals surface area contributed by atoms with Gasteiger partial charge >= 0.3 is 5.97 Å². The zero-order valence-electron chi connectivity index (χ0n) is 15.8. The number of carboxylic acid groups (broad SMARTS) is 1. The predicted molar refractivity (Wildman–Crippen MR) is 108 cm³/mol. The fraction of sp³-hybridized carbons (Fsp3) is 0.435. The number of benzene rings is 2. The smallest absolute Gasteiger partial charge is 0.310 e. The van der Waals surface area contributed by atoms with Gasteiger partial charge in [-0.3, -0.25) is 4.79 Å². The van der Waals surface area contributed by atoms with E-state index in [0.717, 1.165) is 55.1 Å². The van der Waals surface area contributed by atoms with Gasteiger partial charge in [0.1, 0.15) is 12.4 Å². The first-order valence-electron chi connectivity index (χ1n) is 9.91. The van der Waals surface area contributed by atoms with Crippen LogP contribution in [-0.2, 0) is 24.2 Å². The van der Waals surface area contributed by atoms with Crippen molar-refractivity contribution in [3.8, 4) is 5.75 Å². The lowest BCUT2D eigenvalue weighted by Gasteiger charge is -2.49. The van der Waals surface area contributed by atoms with Crippen LogP contribution < -0.4 is 4.74 Å². The number of carboxylic acids is 1. The maximum Gasteiger partial charge on any atom is 0.310 e. The lowest BCUT2D eigenvalue weighted by molar-refractivity contribution is -0.145. The van der Waals surface area contributed by atoms with Crippen LogP contribution in [0.5, 0.6) is 5.75 Å². The number of fused-ring (bicyclic) bond motifs is 1. The van der Waals surface area contributed by atoms with Crippen molar-refractivity contribution < 1.29 is 14.6 Å². The van der Waals surface area contributed by atoms with E-state index in [2.05, 4.69) is 23.1 Å². The number of hydrogen-bond acceptors (Lipinski definition) is 3. The minimum absolute atomic E-state index is 0.290. The van der Waals surface area contributed by atoms with E-state index in [1.807, 2.05) is 24.3 Å². The Morgan fingerprint density at radius 3 is 2.57 bits per heavy atom. The van der Waals surface area contributed by atoms with Gasteiger partial charge in [0.25, 0.3) is 0 Å². The Morgan fingerprint density at radius 2 is 1.86 bits per heavy atom.